The number of hydrogen-bond donors (Lipinski definition) is 2. The largest absolute Gasteiger partial charge is 0.326 e. The summed E-state index contributed by atoms with van der Waals surface area (Å²) in [5.41, 5.74) is 4.57. The highest BCUT2D eigenvalue weighted by atomic mass is 16.2. The molecule has 2 aromatic carbocycles. The minimum atomic E-state index is -0.282. The Bertz CT molecular complexity index is 1340. The second-order valence-corrected chi connectivity index (χ2v) is 8.12. The van der Waals surface area contributed by atoms with Gasteiger partial charge in [-0.15, -0.1) is 0 Å². The van der Waals surface area contributed by atoms with Crippen molar-refractivity contribution in [2.45, 2.75) is 12.8 Å². The number of nitrogens with one attached hydrogen (secondary N) is 2. The third-order valence-corrected chi connectivity index (χ3v) is 5.46. The number of amides is 2. The van der Waals surface area contributed by atoms with Crippen molar-refractivity contribution in [2.24, 2.45) is 5.92 Å². The number of carbonyl (C=O) groups is 2. The highest BCUT2D eigenvalue weighted by Crippen LogP contribution is 2.30. The summed E-state index contributed by atoms with van der Waals surface area (Å²) in [4.78, 5) is 28.8. The average Bonchev–Trinajstić information content (AvgIpc) is 3.63. The lowest BCUT2D eigenvalue weighted by molar-refractivity contribution is -0.117. The van der Waals surface area contributed by atoms with Crippen LogP contribution in [0.3, 0.4) is 0 Å². The van der Waals surface area contributed by atoms with E-state index in [2.05, 4.69) is 15.6 Å². The molecule has 1 aliphatic rings. The second-order valence-electron chi connectivity index (χ2n) is 8.12. The van der Waals surface area contributed by atoms with Crippen molar-refractivity contribution in [1.82, 2.24) is 14.8 Å². The lowest BCUT2D eigenvalue weighted by Gasteiger charge is -2.07. The molecule has 0 saturated heterocycles. The Kier molecular flexibility index (Phi) is 5.99. The molecule has 0 radical (unpaired) electrons. The van der Waals surface area contributed by atoms with Crippen LogP contribution in [0.5, 0.6) is 0 Å². The molecule has 4 aromatic rings. The number of aromatic nitrogens is 3. The Labute approximate surface area is 197 Å². The van der Waals surface area contributed by atoms with Gasteiger partial charge < -0.3 is 10.6 Å². The summed E-state index contributed by atoms with van der Waals surface area (Å²) in [5, 5.41) is 10.5. The first-order chi connectivity index (χ1) is 16.7. The lowest BCUT2D eigenvalue weighted by Crippen LogP contribution is -2.14. The van der Waals surface area contributed by atoms with Gasteiger partial charge in [0, 0.05) is 53.1 Å². The van der Waals surface area contributed by atoms with Crippen molar-refractivity contribution < 1.29 is 9.59 Å². The number of hydrogen-bond acceptors (Lipinski definition) is 4. The van der Waals surface area contributed by atoms with Gasteiger partial charge in [-0.2, -0.15) is 5.10 Å². The molecule has 0 unspecified atom stereocenters. The molecule has 34 heavy (non-hydrogen) atoms. The van der Waals surface area contributed by atoms with E-state index in [1.807, 2.05) is 54.7 Å². The zero-order chi connectivity index (χ0) is 23.3. The van der Waals surface area contributed by atoms with E-state index in [1.54, 1.807) is 41.4 Å². The molecule has 2 heterocycles. The van der Waals surface area contributed by atoms with Crippen LogP contribution in [0.1, 0.15) is 18.4 Å². The van der Waals surface area contributed by atoms with E-state index in [9.17, 15) is 9.59 Å². The fraction of sp³-hybridized carbons (Fsp3) is 0.111. The van der Waals surface area contributed by atoms with Crippen LogP contribution in [-0.2, 0) is 9.59 Å². The summed E-state index contributed by atoms with van der Waals surface area (Å²) in [6.45, 7) is 0. The van der Waals surface area contributed by atoms with Gasteiger partial charge in [-0.25, -0.2) is 4.68 Å². The molecule has 2 aromatic heterocycles. The minimum absolute atomic E-state index is 0.0294. The lowest BCUT2D eigenvalue weighted by atomic mass is 10.1. The standard InChI is InChI=1S/C27H23N5O2/c33-25(29-22-7-4-8-23(16-22)30-27(34)19-11-12-19)14-13-21-18-32(24-9-2-1-3-10-24)31-26(21)20-6-5-15-28-17-20/h1-10,13-19H,11-12H2,(H,29,33)(H,30,34)/b14-13+. The quantitative estimate of drug-likeness (QED) is 0.391. The highest BCUT2D eigenvalue weighted by Gasteiger charge is 2.29. The third kappa shape index (κ3) is 5.10. The Balaban J connectivity index is 1.34. The van der Waals surface area contributed by atoms with Gasteiger partial charge in [0.25, 0.3) is 0 Å². The van der Waals surface area contributed by atoms with Gasteiger partial charge in [-0.05, 0) is 61.4 Å². The minimum Gasteiger partial charge on any atom is -0.326 e. The number of rotatable bonds is 7. The summed E-state index contributed by atoms with van der Waals surface area (Å²) in [6.07, 6.45) is 10.4. The fourth-order valence-electron chi connectivity index (χ4n) is 3.56. The summed E-state index contributed by atoms with van der Waals surface area (Å²) in [6, 6.07) is 20.7. The first kappa shape index (κ1) is 21.3. The second kappa shape index (κ2) is 9.54. The summed E-state index contributed by atoms with van der Waals surface area (Å²) < 4.78 is 1.78. The van der Waals surface area contributed by atoms with Crippen LogP contribution in [0, 0.1) is 5.92 Å². The smallest absolute Gasteiger partial charge is 0.248 e. The van der Waals surface area contributed by atoms with E-state index < -0.39 is 0 Å². The maximum absolute atomic E-state index is 12.6. The van der Waals surface area contributed by atoms with Crippen LogP contribution >= 0.6 is 0 Å². The molecular formula is C27H23N5O2. The van der Waals surface area contributed by atoms with Crippen LogP contribution in [0.4, 0.5) is 11.4 Å². The number of pyridine rings is 1. The SMILES string of the molecule is O=C(/C=C/c1cn(-c2ccccc2)nc1-c1cccnc1)Nc1cccc(NC(=O)C2CC2)c1. The Hall–Kier alpha value is -4.52. The van der Waals surface area contributed by atoms with Crippen molar-refractivity contribution >= 4 is 29.3 Å². The fourth-order valence-corrected chi connectivity index (χ4v) is 3.56. The zero-order valence-electron chi connectivity index (χ0n) is 18.4. The Morgan fingerprint density at radius 1 is 0.941 bits per heavy atom. The molecular weight excluding hydrogens is 426 g/mol. The zero-order valence-corrected chi connectivity index (χ0v) is 18.4. The average molecular weight is 450 g/mol. The highest BCUT2D eigenvalue weighted by molar-refractivity contribution is 6.03. The van der Waals surface area contributed by atoms with E-state index >= 15 is 0 Å². The van der Waals surface area contributed by atoms with Gasteiger partial charge in [0.15, 0.2) is 0 Å². The van der Waals surface area contributed by atoms with Crippen LogP contribution < -0.4 is 10.6 Å². The van der Waals surface area contributed by atoms with Crippen LogP contribution in [0.15, 0.2) is 91.4 Å². The molecule has 168 valence electrons. The van der Waals surface area contributed by atoms with E-state index in [4.69, 9.17) is 5.10 Å². The predicted molar refractivity (Wildman–Crippen MR) is 132 cm³/mol. The van der Waals surface area contributed by atoms with Gasteiger partial charge in [0.2, 0.25) is 11.8 Å². The van der Waals surface area contributed by atoms with E-state index in [-0.39, 0.29) is 17.7 Å². The van der Waals surface area contributed by atoms with Gasteiger partial charge in [0.05, 0.1) is 5.69 Å². The Morgan fingerprint density at radius 2 is 1.74 bits per heavy atom. The van der Waals surface area contributed by atoms with Gasteiger partial charge in [0.1, 0.15) is 5.69 Å². The monoisotopic (exact) mass is 449 g/mol. The number of carbonyl (C=O) groups excluding carboxylic acids is 2. The maximum Gasteiger partial charge on any atom is 0.248 e. The van der Waals surface area contributed by atoms with Crippen molar-refractivity contribution in [2.75, 3.05) is 10.6 Å². The molecule has 2 N–H and O–H groups in total. The number of para-hydroxylation sites is 1. The molecule has 1 saturated carbocycles. The summed E-state index contributed by atoms with van der Waals surface area (Å²) >= 11 is 0. The maximum atomic E-state index is 12.6. The van der Waals surface area contributed by atoms with Crippen LogP contribution in [-0.4, -0.2) is 26.6 Å². The van der Waals surface area contributed by atoms with Crippen molar-refractivity contribution in [3.8, 4) is 16.9 Å². The molecule has 2 amide bonds. The van der Waals surface area contributed by atoms with Crippen LogP contribution in [0.25, 0.3) is 23.0 Å². The van der Waals surface area contributed by atoms with E-state index in [1.165, 1.54) is 6.08 Å². The molecule has 1 aliphatic carbocycles. The Morgan fingerprint density at radius 3 is 2.47 bits per heavy atom. The van der Waals surface area contributed by atoms with E-state index in [0.29, 0.717) is 11.4 Å². The first-order valence-electron chi connectivity index (χ1n) is 11.1. The van der Waals surface area contributed by atoms with Gasteiger partial charge >= 0.3 is 0 Å². The molecule has 5 rings (SSSR count). The summed E-state index contributed by atoms with van der Waals surface area (Å²) in [5.74, 6) is -0.135. The van der Waals surface area contributed by atoms with Crippen LogP contribution in [0.2, 0.25) is 0 Å². The topological polar surface area (TPSA) is 88.9 Å². The molecule has 1 fully saturated rings. The molecule has 0 atom stereocenters. The van der Waals surface area contributed by atoms with Crippen molar-refractivity contribution in [3.05, 3.63) is 97.0 Å². The van der Waals surface area contributed by atoms with Gasteiger partial charge in [-0.1, -0.05) is 24.3 Å². The molecule has 0 spiro atoms. The third-order valence-electron chi connectivity index (χ3n) is 5.46. The molecule has 7 heteroatoms. The molecule has 7 nitrogen and oxygen atoms in total. The first-order valence-corrected chi connectivity index (χ1v) is 11.1. The summed E-state index contributed by atoms with van der Waals surface area (Å²) in [7, 11) is 0. The molecule has 0 bridgehead atoms. The predicted octanol–water partition coefficient (Wildman–Crippen LogP) is 4.93. The van der Waals surface area contributed by atoms with Crippen molar-refractivity contribution in [1.29, 1.82) is 0 Å². The van der Waals surface area contributed by atoms with Gasteiger partial charge in [-0.3, -0.25) is 14.6 Å². The normalized spacial score (nSPS) is 13.1. The number of anilines is 2. The molecule has 0 aliphatic heterocycles. The number of benzene rings is 2. The van der Waals surface area contributed by atoms with E-state index in [0.717, 1.165) is 35.3 Å². The van der Waals surface area contributed by atoms with Crippen molar-refractivity contribution in [3.63, 3.8) is 0 Å². The number of nitrogens with zero attached hydrogens (tertiary/aromatic N) is 3.